The van der Waals surface area contributed by atoms with Gasteiger partial charge in [-0.25, -0.2) is 0 Å². The van der Waals surface area contributed by atoms with Crippen LogP contribution in [-0.4, -0.2) is 23.3 Å². The van der Waals surface area contributed by atoms with Crippen molar-refractivity contribution in [1.29, 1.82) is 0 Å². The van der Waals surface area contributed by atoms with E-state index in [9.17, 15) is 0 Å². The first-order valence-corrected chi connectivity index (χ1v) is 4.78. The number of benzene rings is 1. The fourth-order valence-corrected chi connectivity index (χ4v) is 1.44. The van der Waals surface area contributed by atoms with E-state index in [1.54, 1.807) is 0 Å². The van der Waals surface area contributed by atoms with Crippen LogP contribution < -0.4 is 11.1 Å². The number of para-hydroxylation sites is 1. The van der Waals surface area contributed by atoms with Gasteiger partial charge in [0.25, 0.3) is 0 Å². The molecule has 0 aliphatic rings. The summed E-state index contributed by atoms with van der Waals surface area (Å²) in [5.41, 5.74) is 7.58. The zero-order valence-corrected chi connectivity index (χ0v) is 7.96. The van der Waals surface area contributed by atoms with E-state index in [1.165, 1.54) is 0 Å². The number of hydrogen-bond donors (Lipinski definition) is 3. The predicted molar refractivity (Wildman–Crippen MR) is 58.3 cm³/mol. The molecule has 0 saturated carbocycles. The van der Waals surface area contributed by atoms with Gasteiger partial charge in [-0.2, -0.15) is 5.10 Å². The average Bonchev–Trinajstić information content (AvgIpc) is 2.67. The first kappa shape index (κ1) is 9.02. The topological polar surface area (TPSA) is 66.7 Å². The first-order chi connectivity index (χ1) is 6.92. The third-order valence-corrected chi connectivity index (χ3v) is 2.17. The van der Waals surface area contributed by atoms with Crippen LogP contribution in [0.2, 0.25) is 0 Å². The number of H-pyrrole nitrogens is 1. The Morgan fingerprint density at radius 3 is 3.21 bits per heavy atom. The fraction of sp³-hybridized carbons (Fsp3) is 0.300. The van der Waals surface area contributed by atoms with Crippen molar-refractivity contribution in [3.8, 4) is 0 Å². The second kappa shape index (κ2) is 4.11. The largest absolute Gasteiger partial charge is 0.383 e. The Bertz CT molecular complexity index is 407. The third kappa shape index (κ3) is 1.70. The summed E-state index contributed by atoms with van der Waals surface area (Å²) in [4.78, 5) is 0. The van der Waals surface area contributed by atoms with Crippen LogP contribution >= 0.6 is 0 Å². The van der Waals surface area contributed by atoms with Crippen molar-refractivity contribution in [3.63, 3.8) is 0 Å². The van der Waals surface area contributed by atoms with Crippen LogP contribution in [0.3, 0.4) is 0 Å². The van der Waals surface area contributed by atoms with Crippen LogP contribution in [0.25, 0.3) is 10.9 Å². The van der Waals surface area contributed by atoms with Crippen molar-refractivity contribution in [2.24, 2.45) is 5.73 Å². The van der Waals surface area contributed by atoms with Gasteiger partial charge in [-0.15, -0.1) is 0 Å². The van der Waals surface area contributed by atoms with Crippen molar-refractivity contribution in [3.05, 3.63) is 24.4 Å². The van der Waals surface area contributed by atoms with E-state index < -0.39 is 0 Å². The van der Waals surface area contributed by atoms with Crippen molar-refractivity contribution in [2.75, 3.05) is 18.4 Å². The van der Waals surface area contributed by atoms with Crippen LogP contribution in [-0.2, 0) is 0 Å². The van der Waals surface area contributed by atoms with Gasteiger partial charge in [-0.05, 0) is 19.0 Å². The van der Waals surface area contributed by atoms with Gasteiger partial charge in [-0.1, -0.05) is 12.1 Å². The number of nitrogens with two attached hydrogens (primary N) is 1. The molecule has 4 N–H and O–H groups in total. The maximum Gasteiger partial charge on any atom is 0.0881 e. The number of anilines is 1. The number of hydrogen-bond acceptors (Lipinski definition) is 3. The minimum absolute atomic E-state index is 0.714. The lowest BCUT2D eigenvalue weighted by molar-refractivity contribution is 0.875. The lowest BCUT2D eigenvalue weighted by Crippen LogP contribution is -2.08. The lowest BCUT2D eigenvalue weighted by Gasteiger charge is -2.05. The molecule has 0 unspecified atom stereocenters. The number of aromatic nitrogens is 2. The van der Waals surface area contributed by atoms with Gasteiger partial charge in [0.1, 0.15) is 0 Å². The van der Waals surface area contributed by atoms with Crippen molar-refractivity contribution >= 4 is 16.6 Å². The second-order valence-corrected chi connectivity index (χ2v) is 3.21. The lowest BCUT2D eigenvalue weighted by atomic mass is 10.2. The van der Waals surface area contributed by atoms with E-state index in [0.717, 1.165) is 29.6 Å². The number of rotatable bonds is 4. The van der Waals surface area contributed by atoms with E-state index in [0.29, 0.717) is 6.54 Å². The highest BCUT2D eigenvalue weighted by Crippen LogP contribution is 2.19. The Balaban J connectivity index is 2.19. The zero-order valence-electron chi connectivity index (χ0n) is 7.96. The molecule has 14 heavy (non-hydrogen) atoms. The van der Waals surface area contributed by atoms with Crippen LogP contribution in [0.4, 0.5) is 5.69 Å². The minimum Gasteiger partial charge on any atom is -0.383 e. The van der Waals surface area contributed by atoms with Crippen LogP contribution in [0.15, 0.2) is 24.4 Å². The maximum atomic E-state index is 5.43. The summed E-state index contributed by atoms with van der Waals surface area (Å²) in [7, 11) is 0. The highest BCUT2D eigenvalue weighted by molar-refractivity contribution is 5.89. The van der Waals surface area contributed by atoms with Crippen LogP contribution in [0, 0.1) is 0 Å². The average molecular weight is 190 g/mol. The monoisotopic (exact) mass is 190 g/mol. The Hall–Kier alpha value is -1.55. The standard InChI is InChI=1S/C10H14N4/c11-5-2-6-12-9-4-1-3-8-7-13-14-10(8)9/h1,3-4,7,12H,2,5-6,11H2,(H,13,14). The van der Waals surface area contributed by atoms with Gasteiger partial charge in [-0.3, -0.25) is 5.10 Å². The summed E-state index contributed by atoms with van der Waals surface area (Å²) >= 11 is 0. The highest BCUT2D eigenvalue weighted by Gasteiger charge is 2.00. The summed E-state index contributed by atoms with van der Waals surface area (Å²) in [6.07, 6.45) is 2.80. The molecule has 0 amide bonds. The van der Waals surface area contributed by atoms with E-state index in [4.69, 9.17) is 5.73 Å². The molecule has 0 atom stereocenters. The maximum absolute atomic E-state index is 5.43. The summed E-state index contributed by atoms with van der Waals surface area (Å²) in [6.45, 7) is 1.61. The third-order valence-electron chi connectivity index (χ3n) is 2.17. The van der Waals surface area contributed by atoms with Gasteiger partial charge in [0.15, 0.2) is 0 Å². The molecule has 4 heteroatoms. The van der Waals surface area contributed by atoms with Crippen molar-refractivity contribution in [1.82, 2.24) is 10.2 Å². The van der Waals surface area contributed by atoms with Crippen molar-refractivity contribution in [2.45, 2.75) is 6.42 Å². The van der Waals surface area contributed by atoms with Crippen molar-refractivity contribution < 1.29 is 0 Å². The molecule has 0 aliphatic heterocycles. The predicted octanol–water partition coefficient (Wildman–Crippen LogP) is 1.32. The molecular weight excluding hydrogens is 176 g/mol. The van der Waals surface area contributed by atoms with Gasteiger partial charge < -0.3 is 11.1 Å². The molecule has 4 nitrogen and oxygen atoms in total. The number of fused-ring (bicyclic) bond motifs is 1. The molecule has 1 heterocycles. The molecule has 2 aromatic rings. The van der Waals surface area contributed by atoms with Crippen LogP contribution in [0.1, 0.15) is 6.42 Å². The van der Waals surface area contributed by atoms with Gasteiger partial charge >= 0.3 is 0 Å². The molecule has 1 aromatic carbocycles. The van der Waals surface area contributed by atoms with Crippen LogP contribution in [0.5, 0.6) is 0 Å². The number of aromatic amines is 1. The summed E-state index contributed by atoms with van der Waals surface area (Å²) in [6, 6.07) is 6.09. The smallest absolute Gasteiger partial charge is 0.0881 e. The van der Waals surface area contributed by atoms with Gasteiger partial charge in [0, 0.05) is 11.9 Å². The van der Waals surface area contributed by atoms with E-state index >= 15 is 0 Å². The highest BCUT2D eigenvalue weighted by atomic mass is 15.1. The Kier molecular flexibility index (Phi) is 2.65. The van der Waals surface area contributed by atoms with E-state index in [2.05, 4.69) is 15.5 Å². The molecule has 1 aromatic heterocycles. The molecule has 0 spiro atoms. The van der Waals surface area contributed by atoms with E-state index in [1.807, 2.05) is 24.4 Å². The summed E-state index contributed by atoms with van der Waals surface area (Å²) in [5, 5.41) is 11.4. The Morgan fingerprint density at radius 2 is 2.36 bits per heavy atom. The molecule has 0 radical (unpaired) electrons. The Morgan fingerprint density at radius 1 is 1.43 bits per heavy atom. The molecule has 0 saturated heterocycles. The molecule has 74 valence electrons. The summed E-state index contributed by atoms with van der Waals surface area (Å²) < 4.78 is 0. The second-order valence-electron chi connectivity index (χ2n) is 3.21. The van der Waals surface area contributed by atoms with Gasteiger partial charge in [0.05, 0.1) is 17.4 Å². The quantitative estimate of drug-likeness (QED) is 0.637. The van der Waals surface area contributed by atoms with Gasteiger partial charge in [0.2, 0.25) is 0 Å². The zero-order chi connectivity index (χ0) is 9.80. The molecule has 0 aliphatic carbocycles. The molecule has 0 bridgehead atoms. The minimum atomic E-state index is 0.714. The van der Waals surface area contributed by atoms with E-state index in [-0.39, 0.29) is 0 Å². The first-order valence-electron chi connectivity index (χ1n) is 4.78. The molecule has 0 fully saturated rings. The molecular formula is C10H14N4. The number of nitrogens with zero attached hydrogens (tertiary/aromatic N) is 1. The molecule has 2 rings (SSSR count). The summed E-state index contributed by atoms with van der Waals surface area (Å²) in [5.74, 6) is 0. The fourth-order valence-electron chi connectivity index (χ4n) is 1.44. The number of nitrogens with one attached hydrogen (secondary N) is 2. The Labute approximate surface area is 82.5 Å². The SMILES string of the molecule is NCCCNc1cccc2cn[nH]c12. The normalized spacial score (nSPS) is 10.6.